The molecule has 0 aliphatic carbocycles. The van der Waals surface area contributed by atoms with E-state index in [2.05, 4.69) is 10.6 Å². The summed E-state index contributed by atoms with van der Waals surface area (Å²) >= 11 is 6.30. The highest BCUT2D eigenvalue weighted by molar-refractivity contribution is 6.35. The molecule has 2 saturated heterocycles. The van der Waals surface area contributed by atoms with Gasteiger partial charge in [0.05, 0.1) is 22.5 Å². The van der Waals surface area contributed by atoms with Crippen molar-refractivity contribution in [2.24, 2.45) is 17.8 Å². The fourth-order valence-corrected chi connectivity index (χ4v) is 5.18. The number of nitrogens with zero attached hydrogens (tertiary/aromatic N) is 1. The Hall–Kier alpha value is -1.92. The van der Waals surface area contributed by atoms with Gasteiger partial charge >= 0.3 is 0 Å². The zero-order valence-electron chi connectivity index (χ0n) is 16.1. The summed E-state index contributed by atoms with van der Waals surface area (Å²) in [5.74, 6) is -2.10. The first-order valence-electron chi connectivity index (χ1n) is 9.28. The number of imide groups is 1. The fourth-order valence-electron chi connectivity index (χ4n) is 4.96. The number of amides is 3. The molecule has 0 aromatic heterocycles. The van der Waals surface area contributed by atoms with Crippen LogP contribution in [0.15, 0.2) is 18.2 Å². The number of benzene rings is 1. The molecule has 27 heavy (non-hydrogen) atoms. The van der Waals surface area contributed by atoms with Crippen LogP contribution >= 0.6 is 11.6 Å². The van der Waals surface area contributed by atoms with E-state index >= 15 is 0 Å². The van der Waals surface area contributed by atoms with Gasteiger partial charge in [0, 0.05) is 17.1 Å². The smallest absolute Gasteiger partial charge is 0.250 e. The molecule has 4 atom stereocenters. The highest BCUT2D eigenvalue weighted by Gasteiger charge is 2.71. The lowest BCUT2D eigenvalue weighted by Gasteiger charge is -2.35. The van der Waals surface area contributed by atoms with Gasteiger partial charge in [0.2, 0.25) is 17.7 Å². The standard InChI is InChI=1S/C20H24ClN3O3/c1-9(2)14-12-13(17(26)24(16(12)25)19(3,4)5)20(23-14)10-7-6-8-11(21)15(10)22-18(20)27/h6-9,12-14,23H,1-5H3,(H,22,27)/t12-,13-,14?,20?/m0/s1. The van der Waals surface area contributed by atoms with E-state index in [-0.39, 0.29) is 29.7 Å². The second kappa shape index (κ2) is 5.55. The van der Waals surface area contributed by atoms with Gasteiger partial charge < -0.3 is 5.32 Å². The molecule has 4 rings (SSSR count). The van der Waals surface area contributed by atoms with Crippen LogP contribution in [0.3, 0.4) is 0 Å². The maximum Gasteiger partial charge on any atom is 0.250 e. The van der Waals surface area contributed by atoms with Gasteiger partial charge in [-0.2, -0.15) is 0 Å². The summed E-state index contributed by atoms with van der Waals surface area (Å²) in [6.45, 7) is 9.52. The Bertz CT molecular complexity index is 876. The normalized spacial score (nSPS) is 32.5. The van der Waals surface area contributed by atoms with E-state index in [9.17, 15) is 14.4 Å². The number of halogens is 1. The molecule has 3 aliphatic rings. The predicted molar refractivity (Wildman–Crippen MR) is 102 cm³/mol. The van der Waals surface area contributed by atoms with Gasteiger partial charge in [-0.1, -0.05) is 37.6 Å². The Kier molecular flexibility index (Phi) is 3.79. The highest BCUT2D eigenvalue weighted by Crippen LogP contribution is 2.55. The summed E-state index contributed by atoms with van der Waals surface area (Å²) in [7, 11) is 0. The summed E-state index contributed by atoms with van der Waals surface area (Å²) in [5, 5.41) is 6.66. The molecule has 7 heteroatoms. The topological polar surface area (TPSA) is 78.5 Å². The number of fused-ring (bicyclic) bond motifs is 4. The summed E-state index contributed by atoms with van der Waals surface area (Å²) in [4.78, 5) is 41.3. The lowest BCUT2D eigenvalue weighted by atomic mass is 9.76. The van der Waals surface area contributed by atoms with E-state index in [0.29, 0.717) is 16.3 Å². The van der Waals surface area contributed by atoms with Crippen LogP contribution in [0.1, 0.15) is 40.2 Å². The molecule has 1 aromatic carbocycles. The van der Waals surface area contributed by atoms with Gasteiger partial charge in [-0.15, -0.1) is 0 Å². The first-order valence-corrected chi connectivity index (χ1v) is 9.65. The van der Waals surface area contributed by atoms with Crippen LogP contribution in [0.5, 0.6) is 0 Å². The number of anilines is 1. The first kappa shape index (κ1) is 18.4. The monoisotopic (exact) mass is 389 g/mol. The molecule has 3 amide bonds. The molecule has 3 heterocycles. The molecule has 0 bridgehead atoms. The molecule has 2 unspecified atom stereocenters. The number of hydrogen-bond donors (Lipinski definition) is 2. The molecule has 0 saturated carbocycles. The second-order valence-electron chi connectivity index (χ2n) is 9.02. The lowest BCUT2D eigenvalue weighted by Crippen LogP contribution is -2.56. The van der Waals surface area contributed by atoms with Gasteiger partial charge in [-0.3, -0.25) is 24.6 Å². The summed E-state index contributed by atoms with van der Waals surface area (Å²) in [6.07, 6.45) is 0. The Morgan fingerprint density at radius 3 is 2.41 bits per heavy atom. The zero-order valence-corrected chi connectivity index (χ0v) is 16.8. The third-order valence-corrected chi connectivity index (χ3v) is 6.34. The molecule has 1 spiro atoms. The average molecular weight is 390 g/mol. The molecule has 2 N–H and O–H groups in total. The summed E-state index contributed by atoms with van der Waals surface area (Å²) < 4.78 is 0. The van der Waals surface area contributed by atoms with Crippen LogP contribution in [0.2, 0.25) is 5.02 Å². The van der Waals surface area contributed by atoms with Crippen molar-refractivity contribution >= 4 is 35.0 Å². The van der Waals surface area contributed by atoms with Gasteiger partial charge in [-0.25, -0.2) is 0 Å². The van der Waals surface area contributed by atoms with Crippen LogP contribution in [0, 0.1) is 17.8 Å². The van der Waals surface area contributed by atoms with Crippen molar-refractivity contribution in [3.8, 4) is 0 Å². The van der Waals surface area contributed by atoms with Crippen molar-refractivity contribution in [1.82, 2.24) is 10.2 Å². The van der Waals surface area contributed by atoms with Gasteiger partial charge in [-0.05, 0) is 32.8 Å². The van der Waals surface area contributed by atoms with Gasteiger partial charge in [0.25, 0.3) is 0 Å². The van der Waals surface area contributed by atoms with Crippen LogP contribution in [-0.4, -0.2) is 34.2 Å². The quantitative estimate of drug-likeness (QED) is 0.723. The van der Waals surface area contributed by atoms with Crippen LogP contribution in [0.25, 0.3) is 0 Å². The van der Waals surface area contributed by atoms with E-state index in [4.69, 9.17) is 11.6 Å². The Labute approximate surface area is 163 Å². The largest absolute Gasteiger partial charge is 0.323 e. The number of carbonyl (C=O) groups is 3. The average Bonchev–Trinajstić information content (AvgIpc) is 3.13. The lowest BCUT2D eigenvalue weighted by molar-refractivity contribution is -0.148. The maximum atomic E-state index is 13.5. The Morgan fingerprint density at radius 1 is 1.15 bits per heavy atom. The van der Waals surface area contributed by atoms with E-state index in [1.54, 1.807) is 12.1 Å². The van der Waals surface area contributed by atoms with Crippen LogP contribution in [0.4, 0.5) is 5.69 Å². The molecular weight excluding hydrogens is 366 g/mol. The highest BCUT2D eigenvalue weighted by atomic mass is 35.5. The molecule has 144 valence electrons. The van der Waals surface area contributed by atoms with Crippen molar-refractivity contribution in [2.45, 2.75) is 51.7 Å². The number of rotatable bonds is 1. The van der Waals surface area contributed by atoms with E-state index in [1.165, 1.54) is 4.90 Å². The third kappa shape index (κ3) is 2.20. The Balaban J connectivity index is 1.95. The number of likely N-dealkylation sites (tertiary alicyclic amines) is 1. The predicted octanol–water partition coefficient (Wildman–Crippen LogP) is 2.51. The minimum absolute atomic E-state index is 0.0737. The van der Waals surface area contributed by atoms with Crippen molar-refractivity contribution in [1.29, 1.82) is 0 Å². The second-order valence-corrected chi connectivity index (χ2v) is 9.43. The molecule has 3 aliphatic heterocycles. The molecule has 1 aromatic rings. The van der Waals surface area contributed by atoms with Gasteiger partial charge in [0.1, 0.15) is 5.54 Å². The molecule has 6 nitrogen and oxygen atoms in total. The summed E-state index contributed by atoms with van der Waals surface area (Å²) in [6, 6.07) is 5.00. The van der Waals surface area contributed by atoms with E-state index in [0.717, 1.165) is 0 Å². The number of carbonyl (C=O) groups excluding carboxylic acids is 3. The van der Waals surface area contributed by atoms with Crippen LogP contribution < -0.4 is 10.6 Å². The summed E-state index contributed by atoms with van der Waals surface area (Å²) in [5.41, 5.74) is -0.746. The Morgan fingerprint density at radius 2 is 1.81 bits per heavy atom. The van der Waals surface area contributed by atoms with Crippen molar-refractivity contribution < 1.29 is 14.4 Å². The molecule has 0 radical (unpaired) electrons. The maximum absolute atomic E-state index is 13.5. The molecular formula is C20H24ClN3O3. The minimum Gasteiger partial charge on any atom is -0.323 e. The molecule has 2 fully saturated rings. The van der Waals surface area contributed by atoms with E-state index in [1.807, 2.05) is 40.7 Å². The van der Waals surface area contributed by atoms with Crippen molar-refractivity contribution in [3.05, 3.63) is 28.8 Å². The third-order valence-electron chi connectivity index (χ3n) is 6.02. The fraction of sp³-hybridized carbons (Fsp3) is 0.550. The first-order chi connectivity index (χ1) is 12.5. The number of para-hydroxylation sites is 1. The van der Waals surface area contributed by atoms with Crippen molar-refractivity contribution in [2.75, 3.05) is 5.32 Å². The SMILES string of the molecule is CC(C)C1NC2(C(=O)Nc3c(Cl)cccc32)[C@@H]2C(=O)N(C(C)(C)C)C(=O)[C@H]12. The zero-order chi connectivity index (χ0) is 19.9. The van der Waals surface area contributed by atoms with Gasteiger partial charge in [0.15, 0.2) is 0 Å². The number of hydrogen-bond acceptors (Lipinski definition) is 4. The number of nitrogens with one attached hydrogen (secondary N) is 2. The van der Waals surface area contributed by atoms with E-state index < -0.39 is 22.9 Å². The minimum atomic E-state index is -1.27. The van der Waals surface area contributed by atoms with Crippen molar-refractivity contribution in [3.63, 3.8) is 0 Å². The van der Waals surface area contributed by atoms with Crippen LogP contribution in [-0.2, 0) is 19.9 Å².